The zero-order valence-corrected chi connectivity index (χ0v) is 21.9. The fraction of sp³-hybridized carbons (Fsp3) is 0.294. The molecule has 3 aromatic carbocycles. The lowest BCUT2D eigenvalue weighted by Gasteiger charge is -2.37. The molecule has 0 aliphatic heterocycles. The molecule has 0 fully saturated rings. The molecule has 1 unspecified atom stereocenters. The van der Waals surface area contributed by atoms with Gasteiger partial charge in [-0.1, -0.05) is 146 Å². The van der Waals surface area contributed by atoms with Gasteiger partial charge in [-0.25, -0.2) is 0 Å². The van der Waals surface area contributed by atoms with Crippen LogP contribution in [0.1, 0.15) is 65.0 Å². The van der Waals surface area contributed by atoms with Crippen molar-refractivity contribution in [1.29, 1.82) is 0 Å². The fourth-order valence-corrected chi connectivity index (χ4v) is 4.79. The molecule has 0 heterocycles. The zero-order valence-electron chi connectivity index (χ0n) is 21.9. The summed E-state index contributed by atoms with van der Waals surface area (Å²) in [6, 6.07) is 26.3. The van der Waals surface area contributed by atoms with Gasteiger partial charge in [-0.3, -0.25) is 0 Å². The first-order valence-electron chi connectivity index (χ1n) is 12.3. The lowest BCUT2D eigenvalue weighted by molar-refractivity contribution is 0.229. The van der Waals surface area contributed by atoms with Crippen LogP contribution in [0.15, 0.2) is 104 Å². The van der Waals surface area contributed by atoms with Crippen molar-refractivity contribution in [3.05, 3.63) is 115 Å². The molecular formula is C34H40. The average molecular weight is 449 g/mol. The first-order chi connectivity index (χ1) is 16.0. The minimum atomic E-state index is 0.128. The van der Waals surface area contributed by atoms with Crippen LogP contribution in [-0.4, -0.2) is 0 Å². The van der Waals surface area contributed by atoms with Gasteiger partial charge in [-0.05, 0) is 62.1 Å². The molecule has 0 saturated heterocycles. The summed E-state index contributed by atoms with van der Waals surface area (Å²) in [5.41, 5.74) is 8.98. The van der Waals surface area contributed by atoms with E-state index >= 15 is 0 Å². The quantitative estimate of drug-likeness (QED) is 0.315. The molecule has 1 atom stereocenters. The highest BCUT2D eigenvalue weighted by Crippen LogP contribution is 2.47. The molecule has 0 saturated carbocycles. The smallest absolute Gasteiger partial charge is 0.00266 e. The van der Waals surface area contributed by atoms with Gasteiger partial charge in [0.2, 0.25) is 0 Å². The molecule has 176 valence electrons. The Morgan fingerprint density at radius 2 is 1.35 bits per heavy atom. The Kier molecular flexibility index (Phi) is 7.82. The molecule has 0 heteroatoms. The maximum Gasteiger partial charge on any atom is -0.00266 e. The third-order valence-electron chi connectivity index (χ3n) is 6.40. The van der Waals surface area contributed by atoms with Crippen molar-refractivity contribution in [2.75, 3.05) is 0 Å². The van der Waals surface area contributed by atoms with Crippen LogP contribution in [0.25, 0.3) is 27.8 Å². The predicted molar refractivity (Wildman–Crippen MR) is 152 cm³/mol. The Bertz CT molecular complexity index is 1150. The third kappa shape index (κ3) is 6.06. The van der Waals surface area contributed by atoms with Crippen molar-refractivity contribution in [2.24, 2.45) is 10.8 Å². The van der Waals surface area contributed by atoms with Crippen LogP contribution >= 0.6 is 0 Å². The second-order valence-corrected chi connectivity index (χ2v) is 11.5. The second kappa shape index (κ2) is 10.4. The highest BCUT2D eigenvalue weighted by Gasteiger charge is 2.32. The van der Waals surface area contributed by atoms with Crippen molar-refractivity contribution in [1.82, 2.24) is 0 Å². The van der Waals surface area contributed by atoms with E-state index in [0.29, 0.717) is 5.92 Å². The molecule has 34 heavy (non-hydrogen) atoms. The topological polar surface area (TPSA) is 0 Å². The number of benzene rings is 3. The molecule has 0 amide bonds. The van der Waals surface area contributed by atoms with Crippen molar-refractivity contribution >= 4 is 5.57 Å². The van der Waals surface area contributed by atoms with E-state index in [1.54, 1.807) is 0 Å². The average Bonchev–Trinajstić information content (AvgIpc) is 2.80. The summed E-state index contributed by atoms with van der Waals surface area (Å²) < 4.78 is 0. The molecule has 0 nitrogen and oxygen atoms in total. The summed E-state index contributed by atoms with van der Waals surface area (Å²) in [7, 11) is 0. The highest BCUT2D eigenvalue weighted by atomic mass is 14.4. The Hall–Kier alpha value is -3.12. The molecule has 0 bridgehead atoms. The summed E-state index contributed by atoms with van der Waals surface area (Å²) in [5.74, 6) is 0.410. The SMILES string of the molecule is C=C/C=C(\C=C)c1cc(C(CC(C)(C)C)C(C)(C)C)cc(-c2ccccc2)c1-c1ccccc1. The Morgan fingerprint density at radius 1 is 0.794 bits per heavy atom. The Labute approximate surface area is 207 Å². The number of hydrogen-bond acceptors (Lipinski definition) is 0. The molecule has 0 N–H and O–H groups in total. The summed E-state index contributed by atoms with van der Waals surface area (Å²) in [4.78, 5) is 0. The van der Waals surface area contributed by atoms with Crippen molar-refractivity contribution in [3.63, 3.8) is 0 Å². The molecule has 0 spiro atoms. The predicted octanol–water partition coefficient (Wildman–Crippen LogP) is 10.3. The lowest BCUT2D eigenvalue weighted by Crippen LogP contribution is -2.24. The monoisotopic (exact) mass is 448 g/mol. The third-order valence-corrected chi connectivity index (χ3v) is 6.40. The van der Waals surface area contributed by atoms with E-state index in [0.717, 1.165) is 12.0 Å². The van der Waals surface area contributed by atoms with Crippen LogP contribution in [-0.2, 0) is 0 Å². The van der Waals surface area contributed by atoms with Gasteiger partial charge in [0.25, 0.3) is 0 Å². The number of allylic oxidation sites excluding steroid dienone is 4. The van der Waals surface area contributed by atoms with Crippen LogP contribution in [0.3, 0.4) is 0 Å². The maximum atomic E-state index is 4.16. The summed E-state index contributed by atoms with van der Waals surface area (Å²) in [5, 5.41) is 0. The molecule has 0 aliphatic rings. The molecule has 0 aromatic heterocycles. The van der Waals surface area contributed by atoms with Crippen LogP contribution in [0, 0.1) is 10.8 Å². The molecular weight excluding hydrogens is 408 g/mol. The first-order valence-corrected chi connectivity index (χ1v) is 12.3. The minimum Gasteiger partial charge on any atom is -0.0990 e. The summed E-state index contributed by atoms with van der Waals surface area (Å²) >= 11 is 0. The van der Waals surface area contributed by atoms with E-state index in [9.17, 15) is 0 Å². The largest absolute Gasteiger partial charge is 0.0990 e. The molecule has 3 rings (SSSR count). The molecule has 3 aromatic rings. The Balaban J connectivity index is 2.46. The normalized spacial score (nSPS) is 13.4. The van der Waals surface area contributed by atoms with Crippen molar-refractivity contribution in [3.8, 4) is 22.3 Å². The van der Waals surface area contributed by atoms with Gasteiger partial charge in [-0.2, -0.15) is 0 Å². The van der Waals surface area contributed by atoms with Gasteiger partial charge in [-0.15, -0.1) is 0 Å². The van der Waals surface area contributed by atoms with Gasteiger partial charge in [0.15, 0.2) is 0 Å². The zero-order chi connectivity index (χ0) is 24.9. The van der Waals surface area contributed by atoms with Crippen molar-refractivity contribution in [2.45, 2.75) is 53.9 Å². The van der Waals surface area contributed by atoms with Crippen LogP contribution in [0.5, 0.6) is 0 Å². The lowest BCUT2D eigenvalue weighted by atomic mass is 9.68. The first kappa shape index (κ1) is 25.5. The van der Waals surface area contributed by atoms with E-state index in [1.807, 2.05) is 12.2 Å². The van der Waals surface area contributed by atoms with E-state index in [-0.39, 0.29) is 10.8 Å². The fourth-order valence-electron chi connectivity index (χ4n) is 4.79. The standard InChI is InChI=1S/C34H40/c1-9-17-25(10-2)29-22-28(31(34(6,7)8)24-33(3,4)5)23-30(26-18-13-11-14-19-26)32(29)27-20-15-12-16-21-27/h9-23,31H,1-2,24H2,3-8H3/b25-17+. The van der Waals surface area contributed by atoms with Crippen LogP contribution < -0.4 is 0 Å². The van der Waals surface area contributed by atoms with Crippen molar-refractivity contribution < 1.29 is 0 Å². The number of hydrogen-bond donors (Lipinski definition) is 0. The van der Waals surface area contributed by atoms with E-state index < -0.39 is 0 Å². The van der Waals surface area contributed by atoms with Crippen LogP contribution in [0.2, 0.25) is 0 Å². The second-order valence-electron chi connectivity index (χ2n) is 11.5. The van der Waals surface area contributed by atoms with Gasteiger partial charge >= 0.3 is 0 Å². The number of rotatable bonds is 7. The Morgan fingerprint density at radius 3 is 1.82 bits per heavy atom. The maximum absolute atomic E-state index is 4.16. The van der Waals surface area contributed by atoms with Gasteiger partial charge in [0, 0.05) is 0 Å². The van der Waals surface area contributed by atoms with Gasteiger partial charge in [0.1, 0.15) is 0 Å². The summed E-state index contributed by atoms with van der Waals surface area (Å²) in [6.45, 7) is 22.3. The van der Waals surface area contributed by atoms with E-state index in [1.165, 1.54) is 33.4 Å². The van der Waals surface area contributed by atoms with E-state index in [4.69, 9.17) is 0 Å². The highest BCUT2D eigenvalue weighted by molar-refractivity contribution is 5.95. The van der Waals surface area contributed by atoms with Crippen LogP contribution in [0.4, 0.5) is 0 Å². The van der Waals surface area contributed by atoms with Gasteiger partial charge < -0.3 is 0 Å². The van der Waals surface area contributed by atoms with Gasteiger partial charge in [0.05, 0.1) is 0 Å². The summed E-state index contributed by atoms with van der Waals surface area (Å²) in [6.07, 6.45) is 7.00. The van der Waals surface area contributed by atoms with E-state index in [2.05, 4.69) is 134 Å². The molecule has 0 aliphatic carbocycles. The minimum absolute atomic E-state index is 0.128. The molecule has 0 radical (unpaired) electrons.